The summed E-state index contributed by atoms with van der Waals surface area (Å²) in [5.74, 6) is 0.811. The van der Waals surface area contributed by atoms with E-state index in [1.54, 1.807) is 18.3 Å². The fourth-order valence-corrected chi connectivity index (χ4v) is 1.47. The zero-order valence-corrected chi connectivity index (χ0v) is 10.4. The number of unbranched alkanes of at least 4 members (excludes halogenated alkanes) is 1. The van der Waals surface area contributed by atoms with E-state index in [1.165, 1.54) is 0 Å². The molecule has 5 heteroatoms. The Labute approximate surface area is 103 Å². The number of halogens is 1. The number of hydrogen-bond acceptors (Lipinski definition) is 4. The van der Waals surface area contributed by atoms with Crippen molar-refractivity contribution >= 4 is 21.6 Å². The van der Waals surface area contributed by atoms with E-state index in [2.05, 4.69) is 26.2 Å². The smallest absolute Gasteiger partial charge is 0.226 e. The number of benzene rings is 1. The maximum Gasteiger partial charge on any atom is 0.226 e. The van der Waals surface area contributed by atoms with Gasteiger partial charge < -0.3 is 4.74 Å². The van der Waals surface area contributed by atoms with Crippen LogP contribution in [0.4, 0.5) is 5.69 Å². The van der Waals surface area contributed by atoms with Crippen LogP contribution in [0, 0.1) is 11.5 Å². The summed E-state index contributed by atoms with van der Waals surface area (Å²) in [7, 11) is 0. The number of ether oxygens (including phenoxy) is 1. The van der Waals surface area contributed by atoms with Crippen LogP contribution in [0.25, 0.3) is 0 Å². The van der Waals surface area contributed by atoms with Crippen LogP contribution in [-0.2, 0) is 0 Å². The van der Waals surface area contributed by atoms with E-state index >= 15 is 0 Å². The van der Waals surface area contributed by atoms with Crippen molar-refractivity contribution in [3.05, 3.63) is 24.3 Å². The van der Waals surface area contributed by atoms with Gasteiger partial charge in [0, 0.05) is 5.33 Å². The molecule has 0 saturated heterocycles. The Hall–Kier alpha value is -1.41. The molecule has 16 heavy (non-hydrogen) atoms. The molecule has 0 aliphatic heterocycles. The molecule has 0 radical (unpaired) electrons. The van der Waals surface area contributed by atoms with Gasteiger partial charge in [0.05, 0.1) is 12.3 Å². The van der Waals surface area contributed by atoms with Crippen molar-refractivity contribution in [1.29, 1.82) is 5.26 Å². The minimum Gasteiger partial charge on any atom is -0.494 e. The van der Waals surface area contributed by atoms with E-state index in [9.17, 15) is 0 Å². The highest BCUT2D eigenvalue weighted by molar-refractivity contribution is 9.09. The first-order valence-corrected chi connectivity index (χ1v) is 6.07. The molecule has 0 unspecified atom stereocenters. The molecule has 4 nitrogen and oxygen atoms in total. The largest absolute Gasteiger partial charge is 0.494 e. The molecule has 0 bridgehead atoms. The second kappa shape index (κ2) is 7.83. The molecule has 1 rings (SSSR count). The quantitative estimate of drug-likeness (QED) is 0.345. The minimum atomic E-state index is 0.648. The topological polar surface area (TPSA) is 57.7 Å². The molecule has 0 spiro atoms. The number of hydrogen-bond donors (Lipinski definition) is 0. The van der Waals surface area contributed by atoms with Crippen molar-refractivity contribution in [1.82, 2.24) is 0 Å². The summed E-state index contributed by atoms with van der Waals surface area (Å²) >= 11 is 3.36. The molecule has 1 aromatic carbocycles. The van der Waals surface area contributed by atoms with Crippen LogP contribution in [-0.4, -0.2) is 11.9 Å². The molecule has 0 fully saturated rings. The Morgan fingerprint density at radius 2 is 2.00 bits per heavy atom. The van der Waals surface area contributed by atoms with Gasteiger partial charge in [-0.3, -0.25) is 0 Å². The van der Waals surface area contributed by atoms with Crippen molar-refractivity contribution < 1.29 is 4.74 Å². The highest BCUT2D eigenvalue weighted by atomic mass is 79.9. The summed E-state index contributed by atoms with van der Waals surface area (Å²) in [6, 6.07) is 7.17. The number of nitrogens with zero attached hydrogens (tertiary/aromatic N) is 3. The Morgan fingerprint density at radius 1 is 1.25 bits per heavy atom. The third-order valence-electron chi connectivity index (χ3n) is 1.84. The highest BCUT2D eigenvalue weighted by Crippen LogP contribution is 2.18. The van der Waals surface area contributed by atoms with Gasteiger partial charge in [0.1, 0.15) is 5.75 Å². The summed E-state index contributed by atoms with van der Waals surface area (Å²) in [6.07, 6.45) is 3.74. The van der Waals surface area contributed by atoms with Crippen molar-refractivity contribution in [2.75, 3.05) is 11.9 Å². The van der Waals surface area contributed by atoms with Crippen molar-refractivity contribution in [2.45, 2.75) is 12.8 Å². The fraction of sp³-hybridized carbons (Fsp3) is 0.364. The van der Waals surface area contributed by atoms with Gasteiger partial charge in [0.25, 0.3) is 0 Å². The van der Waals surface area contributed by atoms with Crippen LogP contribution < -0.4 is 4.74 Å². The van der Waals surface area contributed by atoms with E-state index in [1.807, 2.05) is 12.1 Å². The molecule has 0 atom stereocenters. The summed E-state index contributed by atoms with van der Waals surface area (Å²) in [6.45, 7) is 0.713. The lowest BCUT2D eigenvalue weighted by Gasteiger charge is -2.04. The Morgan fingerprint density at radius 3 is 2.62 bits per heavy atom. The molecule has 0 N–H and O–H groups in total. The van der Waals surface area contributed by atoms with Gasteiger partial charge in [-0.15, -0.1) is 5.11 Å². The van der Waals surface area contributed by atoms with Gasteiger partial charge in [-0.2, -0.15) is 5.26 Å². The van der Waals surface area contributed by atoms with E-state index in [0.717, 1.165) is 23.9 Å². The fourth-order valence-electron chi connectivity index (χ4n) is 1.08. The van der Waals surface area contributed by atoms with Gasteiger partial charge >= 0.3 is 0 Å². The standard InChI is InChI=1S/C11H12BrN3O/c12-7-1-2-8-16-11-5-3-10(4-6-11)15-14-9-13/h3-6H,1-2,7-8H2. The lowest BCUT2D eigenvalue weighted by Crippen LogP contribution is -1.96. The van der Waals surface area contributed by atoms with Crippen molar-refractivity contribution in [2.24, 2.45) is 10.2 Å². The second-order valence-corrected chi connectivity index (χ2v) is 3.83. The SMILES string of the molecule is N#CN=Nc1ccc(OCCCCBr)cc1. The van der Waals surface area contributed by atoms with Gasteiger partial charge in [-0.1, -0.05) is 21.0 Å². The number of nitriles is 1. The maximum atomic E-state index is 8.21. The van der Waals surface area contributed by atoms with Gasteiger partial charge in [-0.05, 0) is 37.1 Å². The highest BCUT2D eigenvalue weighted by Gasteiger charge is 1.94. The first-order valence-electron chi connectivity index (χ1n) is 4.95. The molecule has 0 aliphatic carbocycles. The van der Waals surface area contributed by atoms with Crippen molar-refractivity contribution in [3.63, 3.8) is 0 Å². The summed E-state index contributed by atoms with van der Waals surface area (Å²) in [5.41, 5.74) is 0.648. The van der Waals surface area contributed by atoms with E-state index in [0.29, 0.717) is 12.3 Å². The lowest BCUT2D eigenvalue weighted by atomic mass is 10.3. The Kier molecular flexibility index (Phi) is 6.19. The molecular formula is C11H12BrN3O. The van der Waals surface area contributed by atoms with Crippen LogP contribution in [0.15, 0.2) is 34.5 Å². The molecule has 0 aromatic heterocycles. The Balaban J connectivity index is 2.40. The molecule has 0 heterocycles. The maximum absolute atomic E-state index is 8.21. The number of alkyl halides is 1. The van der Waals surface area contributed by atoms with Crippen LogP contribution in [0.1, 0.15) is 12.8 Å². The molecule has 0 amide bonds. The molecule has 84 valence electrons. The molecule has 0 aliphatic rings. The van der Waals surface area contributed by atoms with Gasteiger partial charge in [-0.25, -0.2) is 0 Å². The second-order valence-electron chi connectivity index (χ2n) is 3.04. The zero-order chi connectivity index (χ0) is 11.6. The normalized spacial score (nSPS) is 10.2. The molecule has 0 saturated carbocycles. The molecule has 1 aromatic rings. The summed E-state index contributed by atoms with van der Waals surface area (Å²) in [4.78, 5) is 0. The monoisotopic (exact) mass is 281 g/mol. The molecular weight excluding hydrogens is 270 g/mol. The predicted octanol–water partition coefficient (Wildman–Crippen LogP) is 3.81. The Bertz CT molecular complexity index is 370. The average Bonchev–Trinajstić information content (AvgIpc) is 2.33. The third-order valence-corrected chi connectivity index (χ3v) is 2.40. The predicted molar refractivity (Wildman–Crippen MR) is 65.1 cm³/mol. The van der Waals surface area contributed by atoms with Crippen LogP contribution in [0.3, 0.4) is 0 Å². The third kappa shape index (κ3) is 4.89. The van der Waals surface area contributed by atoms with Crippen LogP contribution in [0.5, 0.6) is 5.75 Å². The average molecular weight is 282 g/mol. The number of rotatable bonds is 6. The zero-order valence-electron chi connectivity index (χ0n) is 8.77. The lowest BCUT2D eigenvalue weighted by molar-refractivity contribution is 0.310. The summed E-state index contributed by atoms with van der Waals surface area (Å²) < 4.78 is 5.51. The van der Waals surface area contributed by atoms with E-state index < -0.39 is 0 Å². The minimum absolute atomic E-state index is 0.648. The van der Waals surface area contributed by atoms with Gasteiger partial charge in [0.2, 0.25) is 6.19 Å². The number of azo groups is 1. The van der Waals surface area contributed by atoms with Crippen LogP contribution >= 0.6 is 15.9 Å². The van der Waals surface area contributed by atoms with Gasteiger partial charge in [0.15, 0.2) is 0 Å². The summed E-state index contributed by atoms with van der Waals surface area (Å²) in [5, 5.41) is 16.1. The first-order chi connectivity index (χ1) is 7.86. The van der Waals surface area contributed by atoms with E-state index in [4.69, 9.17) is 10.00 Å². The first kappa shape index (κ1) is 12.7. The van der Waals surface area contributed by atoms with Crippen LogP contribution in [0.2, 0.25) is 0 Å². The van der Waals surface area contributed by atoms with Crippen molar-refractivity contribution in [3.8, 4) is 11.9 Å². The van der Waals surface area contributed by atoms with E-state index in [-0.39, 0.29) is 0 Å².